The molecule has 0 bridgehead atoms. The number of fused-ring (bicyclic) bond motifs is 1. The van der Waals surface area contributed by atoms with Crippen molar-refractivity contribution in [2.75, 3.05) is 36.6 Å². The predicted octanol–water partition coefficient (Wildman–Crippen LogP) is 1.83. The van der Waals surface area contributed by atoms with E-state index in [1.165, 1.54) is 11.3 Å². The molecule has 2 rings (SSSR count). The smallest absolute Gasteiger partial charge is 0.319 e. The molecule has 1 aromatic carbocycles. The number of methoxy groups -OCH3 is 1. The Bertz CT molecular complexity index is 788. The van der Waals surface area contributed by atoms with Gasteiger partial charge in [-0.2, -0.15) is 0 Å². The molecular formula is C13H18N4O4S2. The zero-order valence-corrected chi connectivity index (χ0v) is 14.4. The molecule has 23 heavy (non-hydrogen) atoms. The van der Waals surface area contributed by atoms with Crippen molar-refractivity contribution in [2.45, 2.75) is 6.42 Å². The second-order valence-electron chi connectivity index (χ2n) is 4.80. The van der Waals surface area contributed by atoms with Crippen LogP contribution in [0.3, 0.4) is 0 Å². The van der Waals surface area contributed by atoms with E-state index < -0.39 is 10.0 Å². The number of nitrogens with one attached hydrogen (secondary N) is 3. The molecule has 126 valence electrons. The van der Waals surface area contributed by atoms with E-state index in [1.807, 2.05) is 0 Å². The number of nitrogens with zero attached hydrogens (tertiary/aromatic N) is 1. The van der Waals surface area contributed by atoms with Crippen LogP contribution in [0, 0.1) is 0 Å². The van der Waals surface area contributed by atoms with E-state index in [2.05, 4.69) is 20.3 Å². The summed E-state index contributed by atoms with van der Waals surface area (Å²) in [6.07, 6.45) is 1.80. The Morgan fingerprint density at radius 1 is 1.39 bits per heavy atom. The normalized spacial score (nSPS) is 11.4. The van der Waals surface area contributed by atoms with Crippen LogP contribution in [0.5, 0.6) is 0 Å². The monoisotopic (exact) mass is 358 g/mol. The van der Waals surface area contributed by atoms with E-state index in [4.69, 9.17) is 4.74 Å². The Kier molecular flexibility index (Phi) is 5.74. The van der Waals surface area contributed by atoms with Gasteiger partial charge in [0, 0.05) is 25.9 Å². The number of urea groups is 1. The highest BCUT2D eigenvalue weighted by Gasteiger charge is 2.09. The molecule has 1 heterocycles. The number of anilines is 2. The number of rotatable bonds is 7. The Morgan fingerprint density at radius 2 is 2.17 bits per heavy atom. The third-order valence-electron chi connectivity index (χ3n) is 2.73. The van der Waals surface area contributed by atoms with Crippen LogP contribution in [-0.4, -0.2) is 46.0 Å². The van der Waals surface area contributed by atoms with Gasteiger partial charge in [-0.1, -0.05) is 11.3 Å². The van der Waals surface area contributed by atoms with Gasteiger partial charge in [0.25, 0.3) is 0 Å². The van der Waals surface area contributed by atoms with Crippen LogP contribution in [0.25, 0.3) is 10.2 Å². The molecule has 8 nitrogen and oxygen atoms in total. The molecule has 0 aliphatic heterocycles. The molecule has 1 aromatic heterocycles. The Morgan fingerprint density at radius 3 is 2.87 bits per heavy atom. The van der Waals surface area contributed by atoms with Crippen LogP contribution >= 0.6 is 11.3 Å². The fourth-order valence-electron chi connectivity index (χ4n) is 1.80. The number of sulfonamides is 1. The minimum atomic E-state index is -3.36. The fraction of sp³-hybridized carbons (Fsp3) is 0.385. The molecule has 2 aromatic rings. The maximum absolute atomic E-state index is 11.7. The number of amides is 2. The summed E-state index contributed by atoms with van der Waals surface area (Å²) in [5.74, 6) is 0. The van der Waals surface area contributed by atoms with Gasteiger partial charge in [0.1, 0.15) is 0 Å². The molecule has 3 N–H and O–H groups in total. The second kappa shape index (κ2) is 7.57. The van der Waals surface area contributed by atoms with Gasteiger partial charge in [0.2, 0.25) is 10.0 Å². The first kappa shape index (κ1) is 17.4. The fourth-order valence-corrected chi connectivity index (χ4v) is 3.54. The Balaban J connectivity index is 2.01. The van der Waals surface area contributed by atoms with Crippen molar-refractivity contribution >= 4 is 48.4 Å². The van der Waals surface area contributed by atoms with Crippen LogP contribution < -0.4 is 15.4 Å². The first-order valence-corrected chi connectivity index (χ1v) is 9.50. The molecule has 2 amide bonds. The van der Waals surface area contributed by atoms with Gasteiger partial charge in [-0.05, 0) is 24.6 Å². The second-order valence-corrected chi connectivity index (χ2v) is 7.58. The molecule has 0 saturated heterocycles. The molecule has 0 fully saturated rings. The van der Waals surface area contributed by atoms with Gasteiger partial charge >= 0.3 is 6.03 Å². The quantitative estimate of drug-likeness (QED) is 0.654. The molecule has 10 heteroatoms. The molecule has 0 aliphatic carbocycles. The molecule has 0 radical (unpaired) electrons. The summed E-state index contributed by atoms with van der Waals surface area (Å²) in [7, 11) is -1.75. The van der Waals surface area contributed by atoms with Crippen LogP contribution in [0.1, 0.15) is 6.42 Å². The summed E-state index contributed by atoms with van der Waals surface area (Å²) in [6.45, 7) is 1.11. The average Bonchev–Trinajstić information content (AvgIpc) is 2.82. The molecule has 0 atom stereocenters. The highest BCUT2D eigenvalue weighted by molar-refractivity contribution is 7.92. The minimum Gasteiger partial charge on any atom is -0.385 e. The largest absolute Gasteiger partial charge is 0.385 e. The van der Waals surface area contributed by atoms with Crippen molar-refractivity contribution in [2.24, 2.45) is 0 Å². The van der Waals surface area contributed by atoms with E-state index in [0.717, 1.165) is 17.4 Å². The molecule has 0 saturated carbocycles. The molecular weight excluding hydrogens is 340 g/mol. The van der Waals surface area contributed by atoms with Gasteiger partial charge in [-0.3, -0.25) is 4.72 Å². The van der Waals surface area contributed by atoms with Crippen molar-refractivity contribution < 1.29 is 17.9 Å². The summed E-state index contributed by atoms with van der Waals surface area (Å²) in [5.41, 5.74) is 1.27. The molecule has 0 unspecified atom stereocenters. The number of hydrogen-bond donors (Lipinski definition) is 3. The maximum Gasteiger partial charge on any atom is 0.319 e. The zero-order chi connectivity index (χ0) is 16.9. The number of carbonyl (C=O) groups excluding carboxylic acids is 1. The number of benzene rings is 1. The number of hydrogen-bond acceptors (Lipinski definition) is 6. The lowest BCUT2D eigenvalue weighted by Gasteiger charge is -2.07. The van der Waals surface area contributed by atoms with E-state index in [9.17, 15) is 13.2 Å². The first-order chi connectivity index (χ1) is 10.9. The van der Waals surface area contributed by atoms with Gasteiger partial charge in [0.05, 0.1) is 16.5 Å². The van der Waals surface area contributed by atoms with Gasteiger partial charge in [-0.15, -0.1) is 0 Å². The standard InChI is InChI=1S/C13H18N4O4S2/c1-21-7-3-6-14-12(18)15-9-4-5-10-11(8-9)22-13(16-10)17-23(2,19)20/h4-5,8H,3,6-7H2,1-2H3,(H,16,17)(H2,14,15,18). The van der Waals surface area contributed by atoms with Crippen molar-refractivity contribution in [3.05, 3.63) is 18.2 Å². The number of aromatic nitrogens is 1. The van der Waals surface area contributed by atoms with Crippen molar-refractivity contribution in [1.82, 2.24) is 10.3 Å². The SMILES string of the molecule is COCCCNC(=O)Nc1ccc2nc(NS(C)(=O)=O)sc2c1. The molecule has 0 aliphatic rings. The summed E-state index contributed by atoms with van der Waals surface area (Å²) in [4.78, 5) is 15.9. The number of ether oxygens (including phenoxy) is 1. The van der Waals surface area contributed by atoms with E-state index in [-0.39, 0.29) is 6.03 Å². The van der Waals surface area contributed by atoms with Crippen LogP contribution in [0.15, 0.2) is 18.2 Å². The Hall–Kier alpha value is -1.91. The van der Waals surface area contributed by atoms with Crippen molar-refractivity contribution in [1.29, 1.82) is 0 Å². The number of carbonyl (C=O) groups is 1. The third kappa shape index (κ3) is 5.66. The average molecular weight is 358 g/mol. The lowest BCUT2D eigenvalue weighted by atomic mass is 10.3. The van der Waals surface area contributed by atoms with E-state index in [0.29, 0.717) is 29.5 Å². The highest BCUT2D eigenvalue weighted by Crippen LogP contribution is 2.28. The molecule has 0 spiro atoms. The van der Waals surface area contributed by atoms with Gasteiger partial charge < -0.3 is 15.4 Å². The first-order valence-electron chi connectivity index (χ1n) is 6.79. The predicted molar refractivity (Wildman–Crippen MR) is 91.6 cm³/mol. The van der Waals surface area contributed by atoms with Crippen LogP contribution in [-0.2, 0) is 14.8 Å². The topological polar surface area (TPSA) is 109 Å². The zero-order valence-electron chi connectivity index (χ0n) is 12.8. The Labute approximate surface area is 138 Å². The summed E-state index contributed by atoms with van der Waals surface area (Å²) in [6, 6.07) is 4.87. The summed E-state index contributed by atoms with van der Waals surface area (Å²) in [5, 5.41) is 5.73. The highest BCUT2D eigenvalue weighted by atomic mass is 32.2. The third-order valence-corrected chi connectivity index (χ3v) is 4.36. The van der Waals surface area contributed by atoms with Crippen LogP contribution in [0.4, 0.5) is 15.6 Å². The van der Waals surface area contributed by atoms with Crippen molar-refractivity contribution in [3.8, 4) is 0 Å². The number of thiazole rings is 1. The lowest BCUT2D eigenvalue weighted by molar-refractivity contribution is 0.194. The van der Waals surface area contributed by atoms with Gasteiger partial charge in [0.15, 0.2) is 5.13 Å². The summed E-state index contributed by atoms with van der Waals surface area (Å²) < 4.78 is 30.4. The van der Waals surface area contributed by atoms with E-state index >= 15 is 0 Å². The van der Waals surface area contributed by atoms with Crippen molar-refractivity contribution in [3.63, 3.8) is 0 Å². The van der Waals surface area contributed by atoms with Gasteiger partial charge in [-0.25, -0.2) is 18.2 Å². The van der Waals surface area contributed by atoms with E-state index in [1.54, 1.807) is 25.3 Å². The van der Waals surface area contributed by atoms with Crippen LogP contribution in [0.2, 0.25) is 0 Å². The lowest BCUT2D eigenvalue weighted by Crippen LogP contribution is -2.29. The summed E-state index contributed by atoms with van der Waals surface area (Å²) >= 11 is 1.20. The minimum absolute atomic E-state index is 0.295. The maximum atomic E-state index is 11.7.